The second-order valence-corrected chi connectivity index (χ2v) is 22.9. The molecule has 3 fully saturated rings. The van der Waals surface area contributed by atoms with Gasteiger partial charge in [-0.3, -0.25) is 19.4 Å². The van der Waals surface area contributed by atoms with Gasteiger partial charge in [0.05, 0.1) is 47.6 Å². The zero-order chi connectivity index (χ0) is 56.8. The van der Waals surface area contributed by atoms with Crippen LogP contribution in [0.3, 0.4) is 0 Å². The van der Waals surface area contributed by atoms with Crippen molar-refractivity contribution in [2.75, 3.05) is 48.0 Å². The van der Waals surface area contributed by atoms with Gasteiger partial charge in [-0.25, -0.2) is 4.39 Å². The van der Waals surface area contributed by atoms with Crippen molar-refractivity contribution in [1.82, 2.24) is 25.4 Å². The molecule has 0 saturated carbocycles. The number of cyclic esters (lactones) is 1. The summed E-state index contributed by atoms with van der Waals surface area (Å²) in [6.45, 7) is 16.9. The number of pyridine rings is 1. The van der Waals surface area contributed by atoms with Crippen LogP contribution in [0.1, 0.15) is 123 Å². The molecule has 20 heteroatoms. The molecule has 1 aromatic carbocycles. The van der Waals surface area contributed by atoms with Crippen LogP contribution in [0.25, 0.3) is 11.1 Å². The van der Waals surface area contributed by atoms with Crippen LogP contribution in [-0.2, 0) is 33.3 Å². The van der Waals surface area contributed by atoms with Crippen molar-refractivity contribution >= 4 is 17.8 Å². The molecule has 4 heterocycles. The molecule has 0 bridgehead atoms. The molecule has 1 unspecified atom stereocenters. The number of amides is 2. The molecule has 2 aromatic rings. The fourth-order valence-electron chi connectivity index (χ4n) is 12.1. The maximum absolute atomic E-state index is 14.6. The van der Waals surface area contributed by atoms with E-state index in [9.17, 15) is 49.4 Å². The SMILES string of the molecule is CC[C@H]1OC(=O)[C@H](C)[C@@H](C2C[C@@](C)(OC)[C@@H](O)[C@H](C)O2)[C@H](C)[C@@H](O[C@@H]2O[C@H](C)C[C@H](N(C)CCC(=O)N[C@H](CF)[C@H](O)c3ccc(-c4ccc(C(=O)NC)nc4)cc3)[C@H]2O)[C@](C)(O)C[C@@H](C)CN(C)[C@H](C)[C@@H](O)[C@]1(C)O. The maximum Gasteiger partial charge on any atom is 0.309 e. The van der Waals surface area contributed by atoms with Crippen molar-refractivity contribution in [3.05, 3.63) is 53.9 Å². The lowest BCUT2D eigenvalue weighted by atomic mass is 9.68. The number of ether oxygens (including phenoxy) is 5. The number of carbonyl (C=O) groups excluding carboxylic acids is 3. The van der Waals surface area contributed by atoms with Crippen LogP contribution in [0.4, 0.5) is 4.39 Å². The Labute approximate surface area is 449 Å². The standard InChI is InChI=1S/C56H90FN5O14/c1-15-43-56(10,71)48(66)34(6)62(13)29-30(2)25-54(8,70)50(32(4)45(33(5)52(69)75-43)42-26-55(9,72-14)49(67)35(7)74-42)76-53-47(65)41(24-31(3)73-53)61(12)23-22-44(63)60-40(27-57)46(64)37-18-16-36(17-19-37)38-20-21-39(59-28-38)51(68)58-11/h16-21,28,30-35,40-43,45-50,53,64-67,70-71H,15,22-27,29H2,1-14H3,(H,58,68)(H,60,63)/t30-,31-,32+,33-,34-,35+,40-,41+,42?,43-,45+,46-,47-,48-,49+,50-,53+,54-,55-,56-/m1/s1. The number of nitrogens with one attached hydrogen (secondary N) is 2. The topological polar surface area (TPSA) is 262 Å². The van der Waals surface area contributed by atoms with Gasteiger partial charge in [0.25, 0.3) is 5.91 Å². The number of halogens is 1. The third-order valence-electron chi connectivity index (χ3n) is 16.9. The van der Waals surface area contributed by atoms with Crippen molar-refractivity contribution in [1.29, 1.82) is 0 Å². The van der Waals surface area contributed by atoms with Crippen molar-refractivity contribution in [3.8, 4) is 11.1 Å². The first kappa shape index (κ1) is 63.1. The highest BCUT2D eigenvalue weighted by atomic mass is 19.1. The zero-order valence-electron chi connectivity index (χ0n) is 47.2. The summed E-state index contributed by atoms with van der Waals surface area (Å²) in [5.74, 6) is -4.31. The average molecular weight is 1080 g/mol. The normalized spacial score (nSPS) is 38.3. The second-order valence-electron chi connectivity index (χ2n) is 22.9. The first-order chi connectivity index (χ1) is 35.5. The van der Waals surface area contributed by atoms with E-state index in [1.54, 1.807) is 96.1 Å². The molecule has 8 N–H and O–H groups in total. The van der Waals surface area contributed by atoms with Gasteiger partial charge in [0.1, 0.15) is 48.5 Å². The van der Waals surface area contributed by atoms with Gasteiger partial charge in [-0.15, -0.1) is 0 Å². The molecule has 19 nitrogen and oxygen atoms in total. The number of aliphatic hydroxyl groups excluding tert-OH is 4. The van der Waals surface area contributed by atoms with Crippen LogP contribution < -0.4 is 10.6 Å². The molecule has 3 aliphatic rings. The zero-order valence-corrected chi connectivity index (χ0v) is 47.2. The minimum absolute atomic E-state index is 0.114. The third kappa shape index (κ3) is 14.5. The molecule has 430 valence electrons. The Balaban J connectivity index is 1.39. The Kier molecular flexibility index (Phi) is 22.0. The summed E-state index contributed by atoms with van der Waals surface area (Å²) in [5, 5.41) is 76.4. The van der Waals surface area contributed by atoms with Crippen LogP contribution >= 0.6 is 0 Å². The Morgan fingerprint density at radius 2 is 1.62 bits per heavy atom. The van der Waals surface area contributed by atoms with E-state index in [0.29, 0.717) is 18.5 Å². The van der Waals surface area contributed by atoms with E-state index < -0.39 is 132 Å². The summed E-state index contributed by atoms with van der Waals surface area (Å²) in [6.07, 6.45) is -8.41. The smallest absolute Gasteiger partial charge is 0.309 e. The minimum atomic E-state index is -1.86. The van der Waals surface area contributed by atoms with E-state index in [0.717, 1.165) is 11.1 Å². The lowest BCUT2D eigenvalue weighted by Gasteiger charge is -2.51. The van der Waals surface area contributed by atoms with E-state index in [4.69, 9.17) is 23.7 Å². The summed E-state index contributed by atoms with van der Waals surface area (Å²) in [5.41, 5.74) is -2.51. The van der Waals surface area contributed by atoms with Crippen LogP contribution in [0.5, 0.6) is 0 Å². The lowest BCUT2D eigenvalue weighted by molar-refractivity contribution is -0.302. The summed E-state index contributed by atoms with van der Waals surface area (Å²) in [7, 11) is 6.57. The number of carbonyl (C=O) groups is 3. The molecule has 0 aliphatic carbocycles. The highest BCUT2D eigenvalue weighted by Gasteiger charge is 2.55. The van der Waals surface area contributed by atoms with E-state index in [1.807, 2.05) is 32.7 Å². The fraction of sp³-hybridized carbons (Fsp3) is 0.750. The lowest BCUT2D eigenvalue weighted by Crippen LogP contribution is -2.62. The first-order valence-corrected chi connectivity index (χ1v) is 27.0. The number of rotatable bonds is 15. The van der Waals surface area contributed by atoms with Crippen molar-refractivity contribution < 1.29 is 73.1 Å². The van der Waals surface area contributed by atoms with Crippen LogP contribution in [0, 0.1) is 23.7 Å². The molecule has 76 heavy (non-hydrogen) atoms. The summed E-state index contributed by atoms with van der Waals surface area (Å²) < 4.78 is 46.5. The van der Waals surface area contributed by atoms with E-state index in [2.05, 4.69) is 15.6 Å². The molecule has 20 atom stereocenters. The molecule has 3 aliphatic heterocycles. The number of aliphatic hydroxyl groups is 6. The first-order valence-electron chi connectivity index (χ1n) is 27.0. The highest BCUT2D eigenvalue weighted by molar-refractivity contribution is 5.92. The van der Waals surface area contributed by atoms with Crippen LogP contribution in [-0.4, -0.2) is 201 Å². The van der Waals surface area contributed by atoms with Gasteiger partial charge >= 0.3 is 5.97 Å². The second kappa shape index (κ2) is 26.5. The summed E-state index contributed by atoms with van der Waals surface area (Å²) >= 11 is 0. The van der Waals surface area contributed by atoms with Crippen LogP contribution in [0.15, 0.2) is 42.6 Å². The summed E-state index contributed by atoms with van der Waals surface area (Å²) in [6, 6.07) is 7.58. The number of nitrogens with zero attached hydrogens (tertiary/aromatic N) is 3. The number of hydrogen-bond donors (Lipinski definition) is 8. The Bertz CT molecular complexity index is 2190. The number of hydrogen-bond acceptors (Lipinski definition) is 17. The number of methoxy groups -OCH3 is 1. The van der Waals surface area contributed by atoms with Crippen molar-refractivity contribution in [2.45, 2.75) is 197 Å². The van der Waals surface area contributed by atoms with E-state index in [-0.39, 0.29) is 49.7 Å². The quantitative estimate of drug-likeness (QED) is 0.119. The number of benzene rings is 1. The highest BCUT2D eigenvalue weighted by Crippen LogP contribution is 2.45. The Morgan fingerprint density at radius 3 is 2.20 bits per heavy atom. The average Bonchev–Trinajstić information content (AvgIpc) is 3.38. The van der Waals surface area contributed by atoms with Gasteiger partial charge in [0.2, 0.25) is 5.91 Å². The molecule has 1 aromatic heterocycles. The van der Waals surface area contributed by atoms with E-state index in [1.165, 1.54) is 21.1 Å². The molecule has 0 radical (unpaired) electrons. The Hall–Kier alpha value is -3.77. The van der Waals surface area contributed by atoms with Gasteiger partial charge in [0.15, 0.2) is 6.29 Å². The predicted octanol–water partition coefficient (Wildman–Crippen LogP) is 3.54. The molecule has 2 amide bonds. The van der Waals surface area contributed by atoms with Gasteiger partial charge in [-0.2, -0.15) is 0 Å². The number of alkyl halides is 1. The number of esters is 1. The van der Waals surface area contributed by atoms with Gasteiger partial charge in [-0.1, -0.05) is 58.0 Å². The molecule has 3 saturated heterocycles. The molecule has 5 rings (SSSR count). The van der Waals surface area contributed by atoms with Crippen molar-refractivity contribution in [3.63, 3.8) is 0 Å². The van der Waals surface area contributed by atoms with E-state index >= 15 is 0 Å². The summed E-state index contributed by atoms with van der Waals surface area (Å²) in [4.78, 5) is 47.9. The number of aromatic nitrogens is 1. The van der Waals surface area contributed by atoms with Gasteiger partial charge < -0.3 is 74.8 Å². The Morgan fingerprint density at radius 1 is 0.974 bits per heavy atom. The predicted molar refractivity (Wildman–Crippen MR) is 282 cm³/mol. The van der Waals surface area contributed by atoms with Gasteiger partial charge in [-0.05, 0) is 104 Å². The third-order valence-corrected chi connectivity index (χ3v) is 16.9. The molecular weight excluding hydrogens is 986 g/mol. The largest absolute Gasteiger partial charge is 0.459 e. The molecule has 0 spiro atoms. The van der Waals surface area contributed by atoms with Crippen molar-refractivity contribution in [2.24, 2.45) is 23.7 Å². The van der Waals surface area contributed by atoms with Gasteiger partial charge in [0, 0.05) is 69.9 Å². The van der Waals surface area contributed by atoms with Crippen LogP contribution in [0.2, 0.25) is 0 Å². The maximum atomic E-state index is 14.6. The fourth-order valence-corrected chi connectivity index (χ4v) is 12.1. The molecular formula is C56H90FN5O14. The number of likely N-dealkylation sites (N-methyl/N-ethyl adjacent to an activating group) is 2. The minimum Gasteiger partial charge on any atom is -0.459 e. The monoisotopic (exact) mass is 1080 g/mol.